The summed E-state index contributed by atoms with van der Waals surface area (Å²) in [6.45, 7) is 3.06. The molecule has 148 valence electrons. The highest BCUT2D eigenvalue weighted by Crippen LogP contribution is 2.69. The maximum atomic E-state index is 12.5. The highest BCUT2D eigenvalue weighted by Gasteiger charge is 2.72. The lowest BCUT2D eigenvalue weighted by atomic mass is 9.41. The van der Waals surface area contributed by atoms with Crippen molar-refractivity contribution < 1.29 is 14.3 Å². The van der Waals surface area contributed by atoms with Crippen LogP contribution in [-0.4, -0.2) is 59.9 Å². The predicted molar refractivity (Wildman–Crippen MR) is 106 cm³/mol. The van der Waals surface area contributed by atoms with Crippen LogP contribution in [0.5, 0.6) is 0 Å². The summed E-state index contributed by atoms with van der Waals surface area (Å²) < 4.78 is 11.8. The standard InChI is InChI=1S/C18H21N5O3S2/c1-25-18-9-17(10-18,11-18)14(24)22-16-21-8-13(28-16)27-12-6-19-15(20-7-12)23-2-4-26-5-3-23/h6-8H,2-5,9-11H2,1H3,(H,21,22,24). The fourth-order valence-corrected chi connectivity index (χ4v) is 5.94. The summed E-state index contributed by atoms with van der Waals surface area (Å²) in [6.07, 6.45) is 7.89. The molecule has 1 saturated heterocycles. The van der Waals surface area contributed by atoms with Crippen LogP contribution in [0.2, 0.25) is 0 Å². The number of hydrogen-bond donors (Lipinski definition) is 1. The Morgan fingerprint density at radius 2 is 1.93 bits per heavy atom. The zero-order valence-corrected chi connectivity index (χ0v) is 17.1. The zero-order valence-electron chi connectivity index (χ0n) is 15.5. The molecule has 0 unspecified atom stereocenters. The molecule has 3 aliphatic carbocycles. The van der Waals surface area contributed by atoms with E-state index >= 15 is 0 Å². The van der Waals surface area contributed by atoms with Crippen LogP contribution in [-0.2, 0) is 14.3 Å². The third-order valence-electron chi connectivity index (χ3n) is 5.73. The summed E-state index contributed by atoms with van der Waals surface area (Å²) in [5.74, 6) is 0.799. The minimum Gasteiger partial charge on any atom is -0.378 e. The van der Waals surface area contributed by atoms with Crippen molar-refractivity contribution in [3.8, 4) is 0 Å². The Labute approximate surface area is 171 Å². The minimum absolute atomic E-state index is 0.0331. The van der Waals surface area contributed by atoms with Crippen LogP contribution >= 0.6 is 23.1 Å². The molecule has 2 aromatic rings. The molecule has 4 fully saturated rings. The molecule has 1 amide bonds. The van der Waals surface area contributed by atoms with Crippen LogP contribution in [0.4, 0.5) is 11.1 Å². The zero-order chi connectivity index (χ0) is 19.2. The van der Waals surface area contributed by atoms with Crippen LogP contribution < -0.4 is 10.2 Å². The van der Waals surface area contributed by atoms with Gasteiger partial charge in [0.25, 0.3) is 0 Å². The maximum Gasteiger partial charge on any atom is 0.232 e. The number of anilines is 2. The first-order valence-electron chi connectivity index (χ1n) is 9.25. The van der Waals surface area contributed by atoms with Crippen molar-refractivity contribution in [2.45, 2.75) is 34.0 Å². The third kappa shape index (κ3) is 3.18. The van der Waals surface area contributed by atoms with Crippen molar-refractivity contribution >= 4 is 40.1 Å². The van der Waals surface area contributed by atoms with Crippen LogP contribution in [0.25, 0.3) is 0 Å². The number of morpholine rings is 1. The Hall–Kier alpha value is -1.75. The van der Waals surface area contributed by atoms with E-state index in [-0.39, 0.29) is 16.9 Å². The summed E-state index contributed by atoms with van der Waals surface area (Å²) in [5, 5.41) is 3.61. The van der Waals surface area contributed by atoms with Crippen LogP contribution in [0.1, 0.15) is 19.3 Å². The molecular weight excluding hydrogens is 398 g/mol. The first-order valence-corrected chi connectivity index (χ1v) is 10.9. The Balaban J connectivity index is 1.17. The fourth-order valence-electron chi connectivity index (χ4n) is 4.15. The second kappa shape index (κ2) is 6.94. The molecule has 1 aliphatic heterocycles. The van der Waals surface area contributed by atoms with E-state index in [9.17, 15) is 4.79 Å². The molecule has 2 bridgehead atoms. The molecule has 0 spiro atoms. The lowest BCUT2D eigenvalue weighted by Gasteiger charge is -2.67. The van der Waals surface area contributed by atoms with E-state index < -0.39 is 0 Å². The lowest BCUT2D eigenvalue weighted by molar-refractivity contribution is -0.260. The molecule has 10 heteroatoms. The molecule has 0 aromatic carbocycles. The number of ether oxygens (including phenoxy) is 2. The van der Waals surface area contributed by atoms with Gasteiger partial charge in [-0.2, -0.15) is 0 Å². The van der Waals surface area contributed by atoms with Gasteiger partial charge in [-0.1, -0.05) is 23.1 Å². The first kappa shape index (κ1) is 18.3. The number of carbonyl (C=O) groups excluding carboxylic acids is 1. The van der Waals surface area contributed by atoms with Gasteiger partial charge in [0.15, 0.2) is 5.13 Å². The summed E-state index contributed by atoms with van der Waals surface area (Å²) in [5.41, 5.74) is -0.271. The van der Waals surface area contributed by atoms with E-state index in [1.165, 1.54) is 11.3 Å². The van der Waals surface area contributed by atoms with E-state index in [2.05, 4.69) is 25.2 Å². The highest BCUT2D eigenvalue weighted by atomic mass is 32.2. The Morgan fingerprint density at radius 1 is 1.21 bits per heavy atom. The molecule has 2 aromatic heterocycles. The molecule has 4 aliphatic rings. The summed E-state index contributed by atoms with van der Waals surface area (Å²) >= 11 is 3.01. The number of methoxy groups -OCH3 is 1. The minimum atomic E-state index is -0.238. The topological polar surface area (TPSA) is 89.5 Å². The van der Waals surface area contributed by atoms with Gasteiger partial charge < -0.3 is 19.7 Å². The maximum absolute atomic E-state index is 12.5. The molecule has 28 heavy (non-hydrogen) atoms. The first-order chi connectivity index (χ1) is 13.6. The van der Waals surface area contributed by atoms with E-state index in [0.717, 1.165) is 47.4 Å². The van der Waals surface area contributed by atoms with Crippen molar-refractivity contribution in [1.82, 2.24) is 15.0 Å². The van der Waals surface area contributed by atoms with Gasteiger partial charge >= 0.3 is 0 Å². The van der Waals surface area contributed by atoms with E-state index in [1.807, 2.05) is 12.4 Å². The lowest BCUT2D eigenvalue weighted by Crippen LogP contribution is -2.72. The number of hydrogen-bond acceptors (Lipinski definition) is 9. The highest BCUT2D eigenvalue weighted by molar-refractivity contribution is 8.01. The van der Waals surface area contributed by atoms with Crippen molar-refractivity contribution in [3.05, 3.63) is 18.6 Å². The second-order valence-electron chi connectivity index (χ2n) is 7.56. The van der Waals surface area contributed by atoms with Gasteiger partial charge in [-0.15, -0.1) is 0 Å². The molecule has 3 heterocycles. The van der Waals surface area contributed by atoms with E-state index in [0.29, 0.717) is 18.3 Å². The van der Waals surface area contributed by atoms with Gasteiger partial charge in [0.1, 0.15) is 0 Å². The van der Waals surface area contributed by atoms with E-state index in [4.69, 9.17) is 9.47 Å². The quantitative estimate of drug-likeness (QED) is 0.764. The Bertz CT molecular complexity index is 862. The van der Waals surface area contributed by atoms with Gasteiger partial charge in [0, 0.05) is 37.5 Å². The average molecular weight is 420 g/mol. The Morgan fingerprint density at radius 3 is 2.61 bits per heavy atom. The summed E-state index contributed by atoms with van der Waals surface area (Å²) in [4.78, 5) is 28.9. The van der Waals surface area contributed by atoms with Gasteiger partial charge in [0.05, 0.1) is 34.6 Å². The molecule has 8 nitrogen and oxygen atoms in total. The number of aromatic nitrogens is 3. The molecular formula is C18H21N5O3S2. The molecule has 3 saturated carbocycles. The second-order valence-corrected chi connectivity index (χ2v) is 9.96. The van der Waals surface area contributed by atoms with Gasteiger partial charge in [-0.25, -0.2) is 15.0 Å². The van der Waals surface area contributed by atoms with Crippen molar-refractivity contribution in [3.63, 3.8) is 0 Å². The van der Waals surface area contributed by atoms with Crippen LogP contribution in [0.15, 0.2) is 27.7 Å². The van der Waals surface area contributed by atoms with Crippen molar-refractivity contribution in [2.24, 2.45) is 5.41 Å². The third-order valence-corrected chi connectivity index (χ3v) is 7.69. The van der Waals surface area contributed by atoms with Crippen molar-refractivity contribution in [1.29, 1.82) is 0 Å². The largest absolute Gasteiger partial charge is 0.378 e. The SMILES string of the molecule is COC12CC(C(=O)Nc3ncc(Sc4cnc(N5CCOCC5)nc4)s3)(C1)C2. The monoisotopic (exact) mass is 419 g/mol. The number of nitrogens with zero attached hydrogens (tertiary/aromatic N) is 4. The molecule has 0 atom stereocenters. The Kier molecular flexibility index (Phi) is 4.53. The number of nitrogens with one attached hydrogen (secondary N) is 1. The predicted octanol–water partition coefficient (Wildman–Crippen LogP) is 2.43. The summed E-state index contributed by atoms with van der Waals surface area (Å²) in [6, 6.07) is 0. The number of carbonyl (C=O) groups is 1. The molecule has 0 radical (unpaired) electrons. The molecule has 1 N–H and O–H groups in total. The van der Waals surface area contributed by atoms with Crippen molar-refractivity contribution in [2.75, 3.05) is 43.6 Å². The smallest absolute Gasteiger partial charge is 0.232 e. The normalized spacial score (nSPS) is 28.4. The van der Waals surface area contributed by atoms with Gasteiger partial charge in [-0.3, -0.25) is 4.79 Å². The number of amides is 1. The van der Waals surface area contributed by atoms with Crippen LogP contribution in [0.3, 0.4) is 0 Å². The van der Waals surface area contributed by atoms with E-state index in [1.54, 1.807) is 25.1 Å². The summed E-state index contributed by atoms with van der Waals surface area (Å²) in [7, 11) is 1.72. The van der Waals surface area contributed by atoms with Crippen LogP contribution in [0, 0.1) is 5.41 Å². The van der Waals surface area contributed by atoms with Gasteiger partial charge in [0.2, 0.25) is 11.9 Å². The molecule has 6 rings (SSSR count). The average Bonchev–Trinajstić information content (AvgIpc) is 3.08. The van der Waals surface area contributed by atoms with Gasteiger partial charge in [-0.05, 0) is 19.3 Å². The fraction of sp³-hybridized carbons (Fsp3) is 0.556. The number of thiazole rings is 1. The number of rotatable bonds is 6.